The monoisotopic (exact) mass is 1320 g/mol. The molecule has 1 aliphatic carbocycles. The highest BCUT2D eigenvalue weighted by Gasteiger charge is 2.37. The van der Waals surface area contributed by atoms with Gasteiger partial charge in [0.1, 0.15) is 3.53 Å². The maximum absolute atomic E-state index is 14.7. The van der Waals surface area contributed by atoms with Crippen LogP contribution in [-0.2, 0) is 19.5 Å². The molecule has 484 valence electrons. The fourth-order valence-electron chi connectivity index (χ4n) is 15.0. The van der Waals surface area contributed by atoms with Crippen molar-refractivity contribution in [1.29, 1.82) is 10.5 Å². The third-order valence-corrected chi connectivity index (χ3v) is 23.1. The van der Waals surface area contributed by atoms with E-state index in [9.17, 15) is 20.1 Å². The fourth-order valence-corrected chi connectivity index (χ4v) is 16.7. The topological polar surface area (TPSA) is 98.1 Å². The number of thioether (sulfide) groups is 2. The number of anilines is 6. The minimum atomic E-state index is -0.648. The molecule has 12 aromatic rings. The Morgan fingerprint density at radius 3 is 1.39 bits per heavy atom. The van der Waals surface area contributed by atoms with Crippen LogP contribution < -0.4 is 20.7 Å². The zero-order chi connectivity index (χ0) is 67.7. The second kappa shape index (κ2) is 27.9. The molecule has 8 nitrogen and oxygen atoms in total. The highest BCUT2D eigenvalue weighted by molar-refractivity contribution is 8.47. The van der Waals surface area contributed by atoms with Crippen LogP contribution >= 0.6 is 35.7 Å². The molecule has 1 fully saturated rings. The van der Waals surface area contributed by atoms with E-state index in [0.29, 0.717) is 51.8 Å². The van der Waals surface area contributed by atoms with E-state index in [1.54, 1.807) is 0 Å². The molecule has 0 N–H and O–H groups in total. The summed E-state index contributed by atoms with van der Waals surface area (Å²) in [6.45, 7) is 10.4. The zero-order valence-electron chi connectivity index (χ0n) is 56.5. The normalized spacial score (nSPS) is 14.0. The molecular weight excluding hydrogens is 1250 g/mol. The number of aryl methyl sites for hydroxylation is 5. The third kappa shape index (κ3) is 13.4. The van der Waals surface area contributed by atoms with Crippen LogP contribution in [-0.4, -0.2) is 24.2 Å². The minimum Gasteiger partial charge on any atom is -0.343 e. The van der Waals surface area contributed by atoms with Crippen LogP contribution in [0, 0.1) is 48.8 Å². The Hall–Kier alpha value is -9.49. The molecule has 0 radical (unpaired) electrons. The summed E-state index contributed by atoms with van der Waals surface area (Å²) in [6, 6.07) is 85.3. The first-order chi connectivity index (χ1) is 46.9. The Kier molecular flexibility index (Phi) is 19.0. The SMILES string of the molecule is CSC(=S)SC(C#N)CC(CC(CC(C)(C)C#N)c1ccc(-c2ccc3c(c2)c(=O)c2cc4c(cc2n3C)c(=O)c2ccccc2n4C)cc1)c1ccc(N(c2ccc(C)cc2)c2ccc(C3(c4ccc(N(c5ccc(C)cc5)c5ccc(C)cc5)cc4)CCCCC3)cc2)cc1. The molecule has 11 heteroatoms. The van der Waals surface area contributed by atoms with Crippen molar-refractivity contribution >= 4 is 117 Å². The van der Waals surface area contributed by atoms with Crippen LogP contribution in [0.4, 0.5) is 34.1 Å². The van der Waals surface area contributed by atoms with Gasteiger partial charge in [0.05, 0.1) is 44.9 Å². The highest BCUT2D eigenvalue weighted by atomic mass is 32.2. The van der Waals surface area contributed by atoms with Crippen molar-refractivity contribution in [3.63, 3.8) is 0 Å². The van der Waals surface area contributed by atoms with Crippen molar-refractivity contribution in [2.45, 2.75) is 108 Å². The van der Waals surface area contributed by atoms with Gasteiger partial charge in [0.25, 0.3) is 0 Å². The Bertz CT molecular complexity index is 5070. The van der Waals surface area contributed by atoms with Gasteiger partial charge < -0.3 is 18.9 Å². The zero-order valence-corrected chi connectivity index (χ0v) is 58.9. The molecule has 3 unspecified atom stereocenters. The summed E-state index contributed by atoms with van der Waals surface area (Å²) >= 11 is 8.70. The van der Waals surface area contributed by atoms with E-state index < -0.39 is 5.41 Å². The quantitative estimate of drug-likeness (QED) is 0.0614. The molecule has 0 spiro atoms. The summed E-state index contributed by atoms with van der Waals surface area (Å²) in [6.07, 6.45) is 9.57. The van der Waals surface area contributed by atoms with Crippen LogP contribution in [0.5, 0.6) is 0 Å². The van der Waals surface area contributed by atoms with Gasteiger partial charge in [0.2, 0.25) is 0 Å². The Labute approximate surface area is 583 Å². The van der Waals surface area contributed by atoms with Gasteiger partial charge in [-0.05, 0) is 227 Å². The smallest absolute Gasteiger partial charge is 0.197 e. The first-order valence-corrected chi connectivity index (χ1v) is 36.2. The number of fused-ring (bicyclic) bond motifs is 4. The summed E-state index contributed by atoms with van der Waals surface area (Å²) in [7, 11) is 3.89. The fraction of sp³-hybridized carbons (Fsp3) is 0.244. The number of rotatable bonds is 18. The van der Waals surface area contributed by atoms with Crippen molar-refractivity contribution in [3.05, 3.63) is 284 Å². The molecule has 2 heterocycles. The lowest BCUT2D eigenvalue weighted by molar-refractivity contribution is 0.346. The number of thiocarbonyl (C=S) groups is 1. The largest absolute Gasteiger partial charge is 0.343 e. The van der Waals surface area contributed by atoms with E-state index in [0.717, 1.165) is 83.8 Å². The molecule has 2 aromatic heterocycles. The number of benzene rings is 10. The van der Waals surface area contributed by atoms with Gasteiger partial charge in [0.15, 0.2) is 10.9 Å². The Morgan fingerprint density at radius 1 is 0.505 bits per heavy atom. The van der Waals surface area contributed by atoms with Gasteiger partial charge in [-0.1, -0.05) is 175 Å². The maximum atomic E-state index is 14.7. The van der Waals surface area contributed by atoms with Crippen molar-refractivity contribution < 1.29 is 0 Å². The van der Waals surface area contributed by atoms with E-state index in [1.165, 1.54) is 70.6 Å². The van der Waals surface area contributed by atoms with E-state index in [4.69, 9.17) is 12.2 Å². The van der Waals surface area contributed by atoms with Gasteiger partial charge in [-0.15, -0.1) is 11.8 Å². The van der Waals surface area contributed by atoms with Crippen LogP contribution in [0.1, 0.15) is 116 Å². The Balaban J connectivity index is 0.816. The van der Waals surface area contributed by atoms with Gasteiger partial charge in [-0.2, -0.15) is 10.5 Å². The van der Waals surface area contributed by atoms with Crippen molar-refractivity contribution in [3.8, 4) is 23.3 Å². The summed E-state index contributed by atoms with van der Waals surface area (Å²) in [5.74, 6) is -0.121. The van der Waals surface area contributed by atoms with Gasteiger partial charge in [-0.25, -0.2) is 0 Å². The van der Waals surface area contributed by atoms with E-state index in [-0.39, 0.29) is 33.4 Å². The van der Waals surface area contributed by atoms with Gasteiger partial charge in [0, 0.05) is 75.2 Å². The molecule has 0 amide bonds. The van der Waals surface area contributed by atoms with Crippen LogP contribution in [0.3, 0.4) is 0 Å². The first kappa shape index (κ1) is 66.1. The second-order valence-electron chi connectivity index (χ2n) is 27.3. The van der Waals surface area contributed by atoms with Crippen LogP contribution in [0.25, 0.3) is 54.7 Å². The molecule has 13 rings (SSSR count). The van der Waals surface area contributed by atoms with Gasteiger partial charge in [-0.3, -0.25) is 9.59 Å². The first-order valence-electron chi connectivity index (χ1n) is 33.7. The number of aromatic nitrogens is 2. The molecular formula is C86H80N6O2S3. The van der Waals surface area contributed by atoms with E-state index in [1.807, 2.05) is 91.9 Å². The lowest BCUT2D eigenvalue weighted by Gasteiger charge is -2.39. The van der Waals surface area contributed by atoms with E-state index in [2.05, 4.69) is 219 Å². The summed E-state index contributed by atoms with van der Waals surface area (Å²) in [5.41, 5.74) is 19.1. The average molecular weight is 1330 g/mol. The second-order valence-corrected chi connectivity index (χ2v) is 30.5. The van der Waals surface area contributed by atoms with Crippen molar-refractivity contribution in [2.75, 3.05) is 16.1 Å². The number of nitrogens with zero attached hydrogens (tertiary/aromatic N) is 6. The van der Waals surface area contributed by atoms with Gasteiger partial charge >= 0.3 is 0 Å². The summed E-state index contributed by atoms with van der Waals surface area (Å²) < 4.78 is 4.75. The maximum Gasteiger partial charge on any atom is 0.197 e. The highest BCUT2D eigenvalue weighted by Crippen LogP contribution is 2.49. The molecule has 1 aliphatic rings. The van der Waals surface area contributed by atoms with Crippen molar-refractivity contribution in [1.82, 2.24) is 9.13 Å². The molecule has 10 aromatic carbocycles. The summed E-state index contributed by atoms with van der Waals surface area (Å²) in [4.78, 5) is 33.2. The molecule has 0 bridgehead atoms. The average Bonchev–Trinajstić information content (AvgIpc) is 0.735. The predicted molar refractivity (Wildman–Crippen MR) is 415 cm³/mol. The number of hydrogen-bond donors (Lipinski definition) is 0. The third-order valence-electron chi connectivity index (χ3n) is 20.4. The molecule has 0 saturated heterocycles. The molecule has 3 atom stereocenters. The Morgan fingerprint density at radius 2 is 0.918 bits per heavy atom. The molecule has 0 aliphatic heterocycles. The number of para-hydroxylation sites is 1. The summed E-state index contributed by atoms with van der Waals surface area (Å²) in [5, 5.41) is 23.4. The number of hydrogen-bond acceptors (Lipinski definition) is 9. The van der Waals surface area contributed by atoms with E-state index >= 15 is 0 Å². The van der Waals surface area contributed by atoms with Crippen LogP contribution in [0.2, 0.25) is 0 Å². The minimum absolute atomic E-state index is 0.0524. The number of nitriles is 2. The molecule has 1 saturated carbocycles. The lowest BCUT2D eigenvalue weighted by atomic mass is 9.65. The standard InChI is InChI=1S/C86H80N6O2S3/c1-56-16-33-67(34-17-56)91(68-35-18-57(2)19-36-68)71-41-29-65(30-42-71)86(46-12-9-13-47-86)66-31-43-72(44-32-66)92(69-37-20-58(3)21-38-69)70-39-26-60(27-40-70)63(49-73(54-87)97-84(95)96-8)48-64(53-85(4,5)55-88)61-24-22-59(23-25-61)62-28-45-79-75(50-62)83(94)77-52-80-76(51-81(77)90(79)7)82(93)74-14-10-11-15-78(74)89(80)6/h10-11,14-45,50-52,63-64,73H,9,12-13,46-49,53H2,1-8H3. The van der Waals surface area contributed by atoms with Crippen molar-refractivity contribution in [2.24, 2.45) is 19.5 Å². The lowest BCUT2D eigenvalue weighted by Crippen LogP contribution is -2.30. The molecule has 97 heavy (non-hydrogen) atoms. The number of pyridine rings is 2. The van der Waals surface area contributed by atoms with Crippen LogP contribution in [0.15, 0.2) is 234 Å². The predicted octanol–water partition coefficient (Wildman–Crippen LogP) is 22.3.